The molecule has 5 heteroatoms. The topological polar surface area (TPSA) is 56.7 Å². The molecule has 1 aliphatic heterocycles. The van der Waals surface area contributed by atoms with Crippen molar-refractivity contribution in [2.45, 2.75) is 25.7 Å². The third kappa shape index (κ3) is 3.39. The van der Waals surface area contributed by atoms with Crippen LogP contribution in [0.3, 0.4) is 0 Å². The number of aryl methyl sites for hydroxylation is 1. The van der Waals surface area contributed by atoms with E-state index in [1.54, 1.807) is 0 Å². The van der Waals surface area contributed by atoms with Crippen molar-refractivity contribution in [3.8, 4) is 0 Å². The fraction of sp³-hybridized carbons (Fsp3) is 0.500. The van der Waals surface area contributed by atoms with Crippen LogP contribution in [-0.4, -0.2) is 65.1 Å². The normalized spacial score (nSPS) is 18.7. The summed E-state index contributed by atoms with van der Waals surface area (Å²) < 4.78 is 0. The summed E-state index contributed by atoms with van der Waals surface area (Å²) in [5.74, 6) is 0.641. The first kappa shape index (κ1) is 16.5. The lowest BCUT2D eigenvalue weighted by atomic mass is 10.0. The highest BCUT2D eigenvalue weighted by Gasteiger charge is 2.29. The molecule has 1 aromatic heterocycles. The molecule has 1 N–H and O–H groups in total. The van der Waals surface area contributed by atoms with Crippen LogP contribution in [0.15, 0.2) is 24.3 Å². The number of aliphatic hydroxyl groups excluding tert-OH is 1. The summed E-state index contributed by atoms with van der Waals surface area (Å²) in [6.45, 7) is 5.99. The fourth-order valence-corrected chi connectivity index (χ4v) is 3.61. The van der Waals surface area contributed by atoms with Crippen LogP contribution in [0.1, 0.15) is 40.4 Å². The van der Waals surface area contributed by atoms with E-state index in [1.807, 2.05) is 17.0 Å². The van der Waals surface area contributed by atoms with Crippen LogP contribution in [0.4, 0.5) is 0 Å². The minimum atomic E-state index is 0.114. The molecule has 2 aliphatic rings. The van der Waals surface area contributed by atoms with Crippen molar-refractivity contribution in [3.05, 3.63) is 41.1 Å². The molecule has 132 valence electrons. The maximum absolute atomic E-state index is 13.2. The zero-order valence-corrected chi connectivity index (χ0v) is 14.7. The third-order valence-electron chi connectivity index (χ3n) is 5.29. The molecule has 5 nitrogen and oxygen atoms in total. The number of hydrogen-bond donors (Lipinski definition) is 1. The Morgan fingerprint density at radius 3 is 2.64 bits per heavy atom. The largest absolute Gasteiger partial charge is 0.395 e. The Morgan fingerprint density at radius 2 is 1.96 bits per heavy atom. The maximum Gasteiger partial charge on any atom is 0.254 e. The average Bonchev–Trinajstić information content (AvgIpc) is 3.46. The Morgan fingerprint density at radius 1 is 1.20 bits per heavy atom. The predicted molar refractivity (Wildman–Crippen MR) is 97.9 cm³/mol. The number of carbonyl (C=O) groups excluding carboxylic acids is 1. The maximum atomic E-state index is 13.2. The molecule has 1 aromatic carbocycles. The van der Waals surface area contributed by atoms with Crippen LogP contribution in [0.25, 0.3) is 10.9 Å². The summed E-state index contributed by atoms with van der Waals surface area (Å²) in [6, 6.07) is 8.20. The van der Waals surface area contributed by atoms with Crippen molar-refractivity contribution in [1.82, 2.24) is 14.8 Å². The van der Waals surface area contributed by atoms with Crippen molar-refractivity contribution in [2.75, 3.05) is 39.3 Å². The van der Waals surface area contributed by atoms with Crippen molar-refractivity contribution in [2.24, 2.45) is 0 Å². The second-order valence-electron chi connectivity index (χ2n) is 7.25. The molecule has 0 atom stereocenters. The number of hydrogen-bond acceptors (Lipinski definition) is 4. The number of benzene rings is 1. The molecule has 1 amide bonds. The van der Waals surface area contributed by atoms with Crippen LogP contribution in [0, 0.1) is 6.92 Å². The van der Waals surface area contributed by atoms with Gasteiger partial charge in [-0.1, -0.05) is 11.6 Å². The van der Waals surface area contributed by atoms with Crippen LogP contribution >= 0.6 is 0 Å². The number of carbonyl (C=O) groups is 1. The number of amides is 1. The summed E-state index contributed by atoms with van der Waals surface area (Å²) in [7, 11) is 0. The number of piperazine rings is 1. The summed E-state index contributed by atoms with van der Waals surface area (Å²) in [4.78, 5) is 22.2. The first-order chi connectivity index (χ1) is 12.2. The van der Waals surface area contributed by atoms with Gasteiger partial charge in [0.25, 0.3) is 5.91 Å². The standard InChI is InChI=1S/C20H25N3O2/c1-14-2-5-18-16(12-14)17(13-19(21-18)15-3-4-15)20(25)23-8-6-22(7-9-23)10-11-24/h2,5,12-13,15,24H,3-4,6-11H2,1H3. The van der Waals surface area contributed by atoms with Gasteiger partial charge in [0.2, 0.25) is 0 Å². The lowest BCUT2D eigenvalue weighted by Crippen LogP contribution is -2.49. The van der Waals surface area contributed by atoms with Crippen molar-refractivity contribution in [1.29, 1.82) is 0 Å². The second kappa shape index (κ2) is 6.73. The van der Waals surface area contributed by atoms with Gasteiger partial charge < -0.3 is 10.0 Å². The fourth-order valence-electron chi connectivity index (χ4n) is 3.61. The zero-order valence-electron chi connectivity index (χ0n) is 14.7. The van der Waals surface area contributed by atoms with Gasteiger partial charge in [-0.25, -0.2) is 0 Å². The van der Waals surface area contributed by atoms with E-state index in [-0.39, 0.29) is 12.5 Å². The third-order valence-corrected chi connectivity index (χ3v) is 5.29. The first-order valence-electron chi connectivity index (χ1n) is 9.19. The van der Waals surface area contributed by atoms with Crippen molar-refractivity contribution in [3.63, 3.8) is 0 Å². The van der Waals surface area contributed by atoms with Crippen LogP contribution < -0.4 is 0 Å². The number of aromatic nitrogens is 1. The lowest BCUT2D eigenvalue weighted by molar-refractivity contribution is 0.0616. The molecule has 25 heavy (non-hydrogen) atoms. The first-order valence-corrected chi connectivity index (χ1v) is 9.19. The Bertz CT molecular complexity index is 793. The second-order valence-corrected chi connectivity index (χ2v) is 7.25. The van der Waals surface area contributed by atoms with E-state index in [1.165, 1.54) is 12.8 Å². The van der Waals surface area contributed by atoms with Crippen molar-refractivity contribution >= 4 is 16.8 Å². The number of pyridine rings is 1. The van der Waals surface area contributed by atoms with Gasteiger partial charge in [0.05, 0.1) is 17.7 Å². The lowest BCUT2D eigenvalue weighted by Gasteiger charge is -2.34. The molecule has 4 rings (SSSR count). The number of rotatable bonds is 4. The van der Waals surface area contributed by atoms with E-state index in [0.29, 0.717) is 25.6 Å². The summed E-state index contributed by atoms with van der Waals surface area (Å²) in [5, 5.41) is 10.0. The van der Waals surface area contributed by atoms with Gasteiger partial charge in [0.1, 0.15) is 0 Å². The highest BCUT2D eigenvalue weighted by molar-refractivity contribution is 6.06. The van der Waals surface area contributed by atoms with Gasteiger partial charge in [-0.15, -0.1) is 0 Å². The van der Waals surface area contributed by atoms with E-state index in [2.05, 4.69) is 24.0 Å². The smallest absolute Gasteiger partial charge is 0.254 e. The van der Waals surface area contributed by atoms with Gasteiger partial charge in [-0.3, -0.25) is 14.7 Å². The van der Waals surface area contributed by atoms with Gasteiger partial charge in [0.15, 0.2) is 0 Å². The molecule has 0 radical (unpaired) electrons. The Hall–Kier alpha value is -1.98. The number of fused-ring (bicyclic) bond motifs is 1. The molecule has 0 unspecified atom stereocenters. The van der Waals surface area contributed by atoms with Gasteiger partial charge in [-0.05, 0) is 38.0 Å². The number of β-amino-alcohol motifs (C(OH)–C–C–N with tert-alkyl or cyclic N) is 1. The molecule has 0 bridgehead atoms. The van der Waals surface area contributed by atoms with Gasteiger partial charge >= 0.3 is 0 Å². The van der Waals surface area contributed by atoms with E-state index in [4.69, 9.17) is 10.1 Å². The number of nitrogens with zero attached hydrogens (tertiary/aromatic N) is 3. The summed E-state index contributed by atoms with van der Waals surface area (Å²) in [5.41, 5.74) is 3.94. The molecular weight excluding hydrogens is 314 g/mol. The Kier molecular flexibility index (Phi) is 4.44. The molecule has 2 heterocycles. The Labute approximate surface area is 148 Å². The summed E-state index contributed by atoms with van der Waals surface area (Å²) >= 11 is 0. The minimum absolute atomic E-state index is 0.114. The highest BCUT2D eigenvalue weighted by Crippen LogP contribution is 2.40. The minimum Gasteiger partial charge on any atom is -0.395 e. The van der Waals surface area contributed by atoms with E-state index in [9.17, 15) is 4.79 Å². The molecule has 1 saturated carbocycles. The Balaban J connectivity index is 1.65. The SMILES string of the molecule is Cc1ccc2nc(C3CC3)cc(C(=O)N3CCN(CCO)CC3)c2c1. The zero-order chi connectivity index (χ0) is 17.4. The number of aliphatic hydroxyl groups is 1. The van der Waals surface area contributed by atoms with Gasteiger partial charge in [-0.2, -0.15) is 0 Å². The van der Waals surface area contributed by atoms with Crippen molar-refractivity contribution < 1.29 is 9.90 Å². The predicted octanol–water partition coefficient (Wildman–Crippen LogP) is 2.17. The van der Waals surface area contributed by atoms with E-state index < -0.39 is 0 Å². The summed E-state index contributed by atoms with van der Waals surface area (Å²) in [6.07, 6.45) is 2.36. The van der Waals surface area contributed by atoms with E-state index >= 15 is 0 Å². The average molecular weight is 339 g/mol. The monoisotopic (exact) mass is 339 g/mol. The molecule has 2 fully saturated rings. The molecular formula is C20H25N3O2. The quantitative estimate of drug-likeness (QED) is 0.927. The van der Waals surface area contributed by atoms with Crippen LogP contribution in [0.2, 0.25) is 0 Å². The van der Waals surface area contributed by atoms with Crippen LogP contribution in [-0.2, 0) is 0 Å². The molecule has 1 aliphatic carbocycles. The van der Waals surface area contributed by atoms with Gasteiger partial charge in [0, 0.05) is 49.7 Å². The van der Waals surface area contributed by atoms with E-state index in [0.717, 1.165) is 40.8 Å². The highest BCUT2D eigenvalue weighted by atomic mass is 16.3. The molecule has 2 aromatic rings. The molecule has 1 saturated heterocycles. The van der Waals surface area contributed by atoms with Crippen LogP contribution in [0.5, 0.6) is 0 Å². The molecule has 0 spiro atoms.